The van der Waals surface area contributed by atoms with E-state index in [1.54, 1.807) is 0 Å². The lowest BCUT2D eigenvalue weighted by Gasteiger charge is -2.14. The van der Waals surface area contributed by atoms with Gasteiger partial charge in [-0.2, -0.15) is 0 Å². The van der Waals surface area contributed by atoms with E-state index in [1.165, 1.54) is 39.0 Å². The molecule has 1 heteroatoms. The van der Waals surface area contributed by atoms with Gasteiger partial charge in [0.2, 0.25) is 0 Å². The van der Waals surface area contributed by atoms with E-state index in [9.17, 15) is 0 Å². The van der Waals surface area contributed by atoms with E-state index >= 15 is 0 Å². The van der Waals surface area contributed by atoms with E-state index in [1.807, 2.05) is 18.5 Å². The molecule has 0 unspecified atom stereocenters. The summed E-state index contributed by atoms with van der Waals surface area (Å²) in [6.45, 7) is 0. The molecule has 0 atom stereocenters. The largest absolute Gasteiger partial charge is 0.264 e. The Labute approximate surface area is 153 Å². The Morgan fingerprint density at radius 2 is 1.04 bits per heavy atom. The number of hydrogen-bond acceptors (Lipinski definition) is 1. The molecule has 0 spiro atoms. The molecule has 1 aliphatic rings. The molecule has 0 aliphatic heterocycles. The lowest BCUT2D eigenvalue weighted by atomic mass is 9.89. The molecule has 0 saturated heterocycles. The van der Waals surface area contributed by atoms with E-state index in [0.29, 0.717) is 0 Å². The Morgan fingerprint density at radius 1 is 0.500 bits per heavy atom. The van der Waals surface area contributed by atoms with Gasteiger partial charge in [-0.25, -0.2) is 0 Å². The first kappa shape index (κ1) is 14.9. The highest BCUT2D eigenvalue weighted by Crippen LogP contribution is 2.48. The first-order valence-corrected chi connectivity index (χ1v) is 8.83. The molecule has 0 radical (unpaired) electrons. The molecule has 1 aromatic heterocycles. The van der Waals surface area contributed by atoms with E-state index in [0.717, 1.165) is 5.56 Å². The molecule has 1 heterocycles. The van der Waals surface area contributed by atoms with Crippen LogP contribution in [-0.2, 0) is 0 Å². The highest BCUT2D eigenvalue weighted by Gasteiger charge is 2.26. The van der Waals surface area contributed by atoms with Crippen LogP contribution in [0.3, 0.4) is 0 Å². The Balaban J connectivity index is 1.93. The van der Waals surface area contributed by atoms with Crippen LogP contribution in [0.5, 0.6) is 0 Å². The van der Waals surface area contributed by atoms with Crippen LogP contribution in [0.1, 0.15) is 22.3 Å². The first-order valence-electron chi connectivity index (χ1n) is 8.83. The molecular formula is C25H17N. The lowest BCUT2D eigenvalue weighted by Crippen LogP contribution is -1.95. The van der Waals surface area contributed by atoms with Gasteiger partial charge in [0, 0.05) is 18.0 Å². The highest BCUT2D eigenvalue weighted by atomic mass is 14.6. The Hall–Kier alpha value is -3.45. The molecule has 4 aromatic rings. The van der Waals surface area contributed by atoms with Gasteiger partial charge in [-0.15, -0.1) is 0 Å². The fraction of sp³-hybridized carbons (Fsp3) is 0. The zero-order valence-corrected chi connectivity index (χ0v) is 14.3. The standard InChI is InChI=1S/C25H17N/c1-2-9-18(10-3-1)24(19-11-8-16-26-17-19)25-22-14-6-4-12-20(22)21-13-5-7-15-23(21)25/h1-17H. The molecule has 1 aliphatic carbocycles. The van der Waals surface area contributed by atoms with Crippen molar-refractivity contribution in [3.8, 4) is 11.1 Å². The van der Waals surface area contributed by atoms with Gasteiger partial charge in [-0.1, -0.05) is 84.9 Å². The zero-order chi connectivity index (χ0) is 17.3. The molecule has 0 fully saturated rings. The SMILES string of the molecule is c1ccc(C(=C2c3ccccc3-c3ccccc32)c2cccnc2)cc1. The summed E-state index contributed by atoms with van der Waals surface area (Å²) in [6, 6.07) is 32.1. The van der Waals surface area contributed by atoms with Crippen LogP contribution in [0.4, 0.5) is 0 Å². The maximum Gasteiger partial charge on any atom is 0.0346 e. The van der Waals surface area contributed by atoms with Crippen LogP contribution in [0.15, 0.2) is 103 Å². The monoisotopic (exact) mass is 331 g/mol. The summed E-state index contributed by atoms with van der Waals surface area (Å²) in [5.74, 6) is 0. The van der Waals surface area contributed by atoms with Crippen molar-refractivity contribution in [1.82, 2.24) is 4.98 Å². The first-order chi connectivity index (χ1) is 12.9. The minimum Gasteiger partial charge on any atom is -0.264 e. The van der Waals surface area contributed by atoms with E-state index < -0.39 is 0 Å². The van der Waals surface area contributed by atoms with Gasteiger partial charge < -0.3 is 0 Å². The smallest absolute Gasteiger partial charge is 0.0346 e. The molecule has 1 nitrogen and oxygen atoms in total. The summed E-state index contributed by atoms with van der Waals surface area (Å²) in [5, 5.41) is 0. The van der Waals surface area contributed by atoms with Crippen molar-refractivity contribution in [3.63, 3.8) is 0 Å². The molecular weight excluding hydrogens is 314 g/mol. The predicted molar refractivity (Wildman–Crippen MR) is 108 cm³/mol. The zero-order valence-electron chi connectivity index (χ0n) is 14.3. The number of pyridine rings is 1. The summed E-state index contributed by atoms with van der Waals surface area (Å²) in [6.07, 6.45) is 3.78. The predicted octanol–water partition coefficient (Wildman–Crippen LogP) is 6.07. The van der Waals surface area contributed by atoms with Crippen LogP contribution in [0.2, 0.25) is 0 Å². The number of rotatable bonds is 2. The van der Waals surface area contributed by atoms with Crippen LogP contribution >= 0.6 is 0 Å². The minimum atomic E-state index is 1.14. The van der Waals surface area contributed by atoms with E-state index in [-0.39, 0.29) is 0 Å². The van der Waals surface area contributed by atoms with Crippen molar-refractivity contribution in [2.45, 2.75) is 0 Å². The van der Waals surface area contributed by atoms with Gasteiger partial charge in [-0.3, -0.25) is 4.98 Å². The van der Waals surface area contributed by atoms with Crippen LogP contribution in [-0.4, -0.2) is 4.98 Å². The van der Waals surface area contributed by atoms with E-state index in [4.69, 9.17) is 0 Å². The average molecular weight is 331 g/mol. The van der Waals surface area contributed by atoms with Crippen molar-refractivity contribution >= 4 is 11.1 Å². The quantitative estimate of drug-likeness (QED) is 0.382. The molecule has 26 heavy (non-hydrogen) atoms. The number of nitrogens with zero attached hydrogens (tertiary/aromatic N) is 1. The van der Waals surface area contributed by atoms with Gasteiger partial charge in [-0.05, 0) is 45.0 Å². The number of aromatic nitrogens is 1. The molecule has 3 aromatic carbocycles. The summed E-state index contributed by atoms with van der Waals surface area (Å²) in [5.41, 5.74) is 10.0. The van der Waals surface area contributed by atoms with Crippen molar-refractivity contribution in [1.29, 1.82) is 0 Å². The second-order valence-corrected chi connectivity index (χ2v) is 6.45. The lowest BCUT2D eigenvalue weighted by molar-refractivity contribution is 1.31. The average Bonchev–Trinajstić information content (AvgIpc) is 3.05. The van der Waals surface area contributed by atoms with Crippen molar-refractivity contribution < 1.29 is 0 Å². The van der Waals surface area contributed by atoms with Crippen LogP contribution in [0, 0.1) is 0 Å². The molecule has 0 bridgehead atoms. The molecule has 122 valence electrons. The maximum atomic E-state index is 4.38. The normalized spacial score (nSPS) is 11.8. The highest BCUT2D eigenvalue weighted by molar-refractivity contribution is 6.13. The molecule has 5 rings (SSSR count). The molecule has 0 N–H and O–H groups in total. The Morgan fingerprint density at radius 3 is 1.62 bits per heavy atom. The van der Waals surface area contributed by atoms with Crippen molar-refractivity contribution in [2.75, 3.05) is 0 Å². The third-order valence-electron chi connectivity index (χ3n) is 4.95. The Bertz CT molecular complexity index is 1020. The molecule has 0 amide bonds. The van der Waals surface area contributed by atoms with Crippen molar-refractivity contribution in [2.24, 2.45) is 0 Å². The number of fused-ring (bicyclic) bond motifs is 3. The summed E-state index contributed by atoms with van der Waals surface area (Å²) in [4.78, 5) is 4.38. The third-order valence-corrected chi connectivity index (χ3v) is 4.95. The van der Waals surface area contributed by atoms with Gasteiger partial charge in [0.15, 0.2) is 0 Å². The van der Waals surface area contributed by atoms with Gasteiger partial charge in [0.1, 0.15) is 0 Å². The Kier molecular flexibility index (Phi) is 3.50. The van der Waals surface area contributed by atoms with Gasteiger partial charge >= 0.3 is 0 Å². The maximum absolute atomic E-state index is 4.38. The third kappa shape index (κ3) is 2.29. The van der Waals surface area contributed by atoms with Crippen LogP contribution < -0.4 is 0 Å². The number of benzene rings is 3. The molecule has 0 saturated carbocycles. The number of hydrogen-bond donors (Lipinski definition) is 0. The van der Waals surface area contributed by atoms with Gasteiger partial charge in [0.25, 0.3) is 0 Å². The summed E-state index contributed by atoms with van der Waals surface area (Å²) < 4.78 is 0. The fourth-order valence-electron chi connectivity index (χ4n) is 3.86. The second-order valence-electron chi connectivity index (χ2n) is 6.45. The fourth-order valence-corrected chi connectivity index (χ4v) is 3.86. The second kappa shape index (κ2) is 6.12. The van der Waals surface area contributed by atoms with Gasteiger partial charge in [0.05, 0.1) is 0 Å². The summed E-state index contributed by atoms with van der Waals surface area (Å²) >= 11 is 0. The van der Waals surface area contributed by atoms with Crippen molar-refractivity contribution in [3.05, 3.63) is 126 Å². The topological polar surface area (TPSA) is 12.9 Å². The van der Waals surface area contributed by atoms with Crippen LogP contribution in [0.25, 0.3) is 22.3 Å². The minimum absolute atomic E-state index is 1.14. The van der Waals surface area contributed by atoms with E-state index in [2.05, 4.69) is 89.9 Å². The summed E-state index contributed by atoms with van der Waals surface area (Å²) in [7, 11) is 0.